The summed E-state index contributed by atoms with van der Waals surface area (Å²) >= 11 is 1.71. The molecule has 0 fully saturated rings. The van der Waals surface area contributed by atoms with Gasteiger partial charge in [0.05, 0.1) is 11.4 Å². The molecule has 0 bridgehead atoms. The summed E-state index contributed by atoms with van der Waals surface area (Å²) in [5, 5.41) is 12.5. The SMILES string of the molecule is Cc1nn(-c2ccccc2)c(C)c1CNC(=O)NCCc1cccs1. The maximum Gasteiger partial charge on any atom is 0.315 e. The molecule has 25 heavy (non-hydrogen) atoms. The second-order valence-electron chi connectivity index (χ2n) is 5.84. The Balaban J connectivity index is 1.56. The number of rotatable bonds is 6. The van der Waals surface area contributed by atoms with Crippen molar-refractivity contribution in [3.05, 3.63) is 69.7 Å². The number of hydrogen-bond acceptors (Lipinski definition) is 3. The maximum atomic E-state index is 12.0. The van der Waals surface area contributed by atoms with Crippen molar-refractivity contribution in [1.82, 2.24) is 20.4 Å². The van der Waals surface area contributed by atoms with Crippen LogP contribution in [-0.4, -0.2) is 22.4 Å². The smallest absolute Gasteiger partial charge is 0.315 e. The highest BCUT2D eigenvalue weighted by atomic mass is 32.1. The number of para-hydroxylation sites is 1. The van der Waals surface area contributed by atoms with Crippen LogP contribution < -0.4 is 10.6 Å². The molecule has 3 aromatic rings. The zero-order valence-corrected chi connectivity index (χ0v) is 15.3. The lowest BCUT2D eigenvalue weighted by molar-refractivity contribution is 0.240. The minimum absolute atomic E-state index is 0.150. The summed E-state index contributed by atoms with van der Waals surface area (Å²) < 4.78 is 1.92. The fraction of sp³-hybridized carbons (Fsp3) is 0.263. The molecule has 6 heteroatoms. The molecule has 0 aliphatic rings. The Hall–Kier alpha value is -2.60. The fourth-order valence-corrected chi connectivity index (χ4v) is 3.45. The highest BCUT2D eigenvalue weighted by molar-refractivity contribution is 7.09. The van der Waals surface area contributed by atoms with Crippen LogP contribution in [0.15, 0.2) is 47.8 Å². The van der Waals surface area contributed by atoms with Crippen LogP contribution in [0.4, 0.5) is 4.79 Å². The normalized spacial score (nSPS) is 10.6. The molecule has 1 aromatic carbocycles. The number of aryl methyl sites for hydroxylation is 1. The molecule has 0 saturated carbocycles. The molecular formula is C19H22N4OS. The molecule has 0 atom stereocenters. The fourth-order valence-electron chi connectivity index (χ4n) is 2.74. The van der Waals surface area contributed by atoms with E-state index in [1.807, 2.05) is 60.3 Å². The summed E-state index contributed by atoms with van der Waals surface area (Å²) in [4.78, 5) is 13.3. The van der Waals surface area contributed by atoms with Gasteiger partial charge in [0.25, 0.3) is 0 Å². The van der Waals surface area contributed by atoms with Crippen molar-refractivity contribution in [3.8, 4) is 5.69 Å². The van der Waals surface area contributed by atoms with E-state index in [0.29, 0.717) is 13.1 Å². The minimum atomic E-state index is -0.150. The topological polar surface area (TPSA) is 59.0 Å². The minimum Gasteiger partial charge on any atom is -0.338 e. The number of urea groups is 1. The molecule has 2 aromatic heterocycles. The lowest BCUT2D eigenvalue weighted by atomic mass is 10.2. The van der Waals surface area contributed by atoms with Gasteiger partial charge in [0.15, 0.2) is 0 Å². The van der Waals surface area contributed by atoms with E-state index in [2.05, 4.69) is 21.8 Å². The summed E-state index contributed by atoms with van der Waals surface area (Å²) in [5.41, 5.74) is 4.05. The van der Waals surface area contributed by atoms with Crippen molar-refractivity contribution in [3.63, 3.8) is 0 Å². The van der Waals surface area contributed by atoms with E-state index in [9.17, 15) is 4.79 Å². The van der Waals surface area contributed by atoms with Gasteiger partial charge in [0.1, 0.15) is 0 Å². The van der Waals surface area contributed by atoms with Gasteiger partial charge >= 0.3 is 6.03 Å². The van der Waals surface area contributed by atoms with Gasteiger partial charge in [-0.05, 0) is 43.8 Å². The Morgan fingerprint density at radius 2 is 1.92 bits per heavy atom. The van der Waals surface area contributed by atoms with Gasteiger partial charge in [-0.1, -0.05) is 24.3 Å². The van der Waals surface area contributed by atoms with E-state index in [0.717, 1.165) is 29.1 Å². The van der Waals surface area contributed by atoms with Crippen molar-refractivity contribution in [1.29, 1.82) is 0 Å². The summed E-state index contributed by atoms with van der Waals surface area (Å²) in [6.07, 6.45) is 0.856. The van der Waals surface area contributed by atoms with Crippen LogP contribution in [0.2, 0.25) is 0 Å². The average Bonchev–Trinajstić information content (AvgIpc) is 3.23. The van der Waals surface area contributed by atoms with Crippen LogP contribution in [0.1, 0.15) is 21.8 Å². The Bertz CT molecular complexity index is 825. The Morgan fingerprint density at radius 3 is 2.64 bits per heavy atom. The first kappa shape index (κ1) is 17.2. The monoisotopic (exact) mass is 354 g/mol. The van der Waals surface area contributed by atoms with Gasteiger partial charge in [-0.15, -0.1) is 11.3 Å². The van der Waals surface area contributed by atoms with Crippen LogP contribution >= 0.6 is 11.3 Å². The zero-order valence-electron chi connectivity index (χ0n) is 14.5. The molecule has 0 radical (unpaired) electrons. The molecule has 2 amide bonds. The van der Waals surface area contributed by atoms with Crippen LogP contribution in [0.25, 0.3) is 5.69 Å². The third-order valence-corrected chi connectivity index (χ3v) is 5.04. The van der Waals surface area contributed by atoms with E-state index in [-0.39, 0.29) is 6.03 Å². The average molecular weight is 354 g/mol. The van der Waals surface area contributed by atoms with Crippen molar-refractivity contribution >= 4 is 17.4 Å². The van der Waals surface area contributed by atoms with E-state index >= 15 is 0 Å². The third-order valence-electron chi connectivity index (χ3n) is 4.10. The number of aromatic nitrogens is 2. The van der Waals surface area contributed by atoms with E-state index in [1.165, 1.54) is 4.88 Å². The van der Waals surface area contributed by atoms with Gasteiger partial charge in [-0.2, -0.15) is 5.10 Å². The number of benzene rings is 1. The summed E-state index contributed by atoms with van der Waals surface area (Å²) in [5.74, 6) is 0. The molecule has 3 rings (SSSR count). The van der Waals surface area contributed by atoms with E-state index < -0.39 is 0 Å². The lowest BCUT2D eigenvalue weighted by Crippen LogP contribution is -2.36. The van der Waals surface area contributed by atoms with Crippen molar-refractivity contribution in [2.24, 2.45) is 0 Å². The van der Waals surface area contributed by atoms with Crippen molar-refractivity contribution < 1.29 is 4.79 Å². The summed E-state index contributed by atoms with van der Waals surface area (Å²) in [7, 11) is 0. The molecule has 5 nitrogen and oxygen atoms in total. The van der Waals surface area contributed by atoms with Gasteiger partial charge in [-0.3, -0.25) is 0 Å². The quantitative estimate of drug-likeness (QED) is 0.711. The summed E-state index contributed by atoms with van der Waals surface area (Å²) in [6.45, 7) is 5.10. The number of nitrogens with zero attached hydrogens (tertiary/aromatic N) is 2. The molecule has 130 valence electrons. The second kappa shape index (κ2) is 7.98. The van der Waals surface area contributed by atoms with Crippen LogP contribution in [0, 0.1) is 13.8 Å². The van der Waals surface area contributed by atoms with E-state index in [1.54, 1.807) is 11.3 Å². The number of amides is 2. The number of nitrogens with one attached hydrogen (secondary N) is 2. The number of hydrogen-bond donors (Lipinski definition) is 2. The predicted molar refractivity (Wildman–Crippen MR) is 101 cm³/mol. The highest BCUT2D eigenvalue weighted by Crippen LogP contribution is 2.17. The highest BCUT2D eigenvalue weighted by Gasteiger charge is 2.13. The van der Waals surface area contributed by atoms with Gasteiger partial charge < -0.3 is 10.6 Å². The van der Waals surface area contributed by atoms with Crippen molar-refractivity contribution in [2.45, 2.75) is 26.8 Å². The van der Waals surface area contributed by atoms with Gasteiger partial charge in [-0.25, -0.2) is 9.48 Å². The van der Waals surface area contributed by atoms with Crippen molar-refractivity contribution in [2.75, 3.05) is 6.54 Å². The Labute approximate surface area is 151 Å². The number of carbonyl (C=O) groups excluding carboxylic acids is 1. The third kappa shape index (κ3) is 4.28. The van der Waals surface area contributed by atoms with Gasteiger partial charge in [0, 0.05) is 29.2 Å². The Kier molecular flexibility index (Phi) is 5.50. The molecule has 2 heterocycles. The molecule has 0 aliphatic carbocycles. The first-order valence-corrected chi connectivity index (χ1v) is 9.17. The maximum absolute atomic E-state index is 12.0. The second-order valence-corrected chi connectivity index (χ2v) is 6.87. The Morgan fingerprint density at radius 1 is 1.12 bits per heavy atom. The van der Waals surface area contributed by atoms with Crippen LogP contribution in [0.5, 0.6) is 0 Å². The molecule has 0 unspecified atom stereocenters. The molecular weight excluding hydrogens is 332 g/mol. The van der Waals surface area contributed by atoms with E-state index in [4.69, 9.17) is 0 Å². The van der Waals surface area contributed by atoms with Gasteiger partial charge in [0.2, 0.25) is 0 Å². The molecule has 0 aliphatic heterocycles. The molecule has 0 spiro atoms. The predicted octanol–water partition coefficient (Wildman–Crippen LogP) is 3.59. The van der Waals surface area contributed by atoms with Crippen LogP contribution in [0.3, 0.4) is 0 Å². The lowest BCUT2D eigenvalue weighted by Gasteiger charge is -2.08. The molecule has 0 saturated heterocycles. The summed E-state index contributed by atoms with van der Waals surface area (Å²) in [6, 6.07) is 14.0. The molecule has 2 N–H and O–H groups in total. The standard InChI is InChI=1S/C19H22N4OS/c1-14-18(15(2)23(22-14)16-7-4-3-5-8-16)13-21-19(24)20-11-10-17-9-6-12-25-17/h3-9,12H,10-11,13H2,1-2H3,(H2,20,21,24). The van der Waals surface area contributed by atoms with Crippen LogP contribution in [-0.2, 0) is 13.0 Å². The number of thiophene rings is 1. The first-order valence-electron chi connectivity index (χ1n) is 8.30. The largest absolute Gasteiger partial charge is 0.338 e. The zero-order chi connectivity index (χ0) is 17.6. The number of carbonyl (C=O) groups is 1. The first-order chi connectivity index (χ1) is 12.1.